The summed E-state index contributed by atoms with van der Waals surface area (Å²) in [6, 6.07) is 0.919. The van der Waals surface area contributed by atoms with E-state index in [-0.39, 0.29) is 0 Å². The smallest absolute Gasteiger partial charge is 0.0305 e. The maximum atomic E-state index is 4.49. The highest BCUT2D eigenvalue weighted by molar-refractivity contribution is 8.68. The van der Waals surface area contributed by atoms with Gasteiger partial charge in [-0.1, -0.05) is 31.1 Å². The van der Waals surface area contributed by atoms with Gasteiger partial charge in [0, 0.05) is 17.8 Å². The third-order valence-corrected chi connectivity index (χ3v) is 5.85. The monoisotopic (exact) mass is 259 g/mol. The molecule has 1 nitrogen and oxygen atoms in total. The van der Waals surface area contributed by atoms with Crippen molar-refractivity contribution >= 4 is 22.5 Å². The van der Waals surface area contributed by atoms with E-state index >= 15 is 0 Å². The van der Waals surface area contributed by atoms with Gasteiger partial charge >= 0.3 is 0 Å². The molecular formula is C13H25NS2. The van der Waals surface area contributed by atoms with E-state index in [9.17, 15) is 0 Å². The van der Waals surface area contributed by atoms with E-state index in [1.165, 1.54) is 45.2 Å². The van der Waals surface area contributed by atoms with Crippen molar-refractivity contribution in [3.63, 3.8) is 0 Å². The molecule has 16 heavy (non-hydrogen) atoms. The number of hydrogen-bond donors (Lipinski definition) is 1. The summed E-state index contributed by atoms with van der Waals surface area (Å²) >= 11 is 4.49. The molecular weight excluding hydrogens is 234 g/mol. The van der Waals surface area contributed by atoms with Crippen LogP contribution in [0.1, 0.15) is 46.0 Å². The number of thiol groups is 1. The first kappa shape index (κ1) is 13.1. The molecule has 2 atom stereocenters. The second-order valence-electron chi connectivity index (χ2n) is 5.90. The summed E-state index contributed by atoms with van der Waals surface area (Å²) in [5.74, 6) is 1.74. The van der Waals surface area contributed by atoms with Crippen molar-refractivity contribution in [3.05, 3.63) is 0 Å². The van der Waals surface area contributed by atoms with E-state index in [1.807, 2.05) is 0 Å². The van der Waals surface area contributed by atoms with Gasteiger partial charge in [-0.2, -0.15) is 0 Å². The highest BCUT2D eigenvalue weighted by Gasteiger charge is 2.34. The molecule has 0 unspecified atom stereocenters. The summed E-state index contributed by atoms with van der Waals surface area (Å²) in [7, 11) is 1.80. The van der Waals surface area contributed by atoms with Crippen LogP contribution < -0.4 is 0 Å². The van der Waals surface area contributed by atoms with Crippen LogP contribution in [0.2, 0.25) is 0 Å². The van der Waals surface area contributed by atoms with Crippen molar-refractivity contribution in [2.45, 2.75) is 57.2 Å². The van der Waals surface area contributed by atoms with Gasteiger partial charge in [0.2, 0.25) is 0 Å². The molecule has 1 saturated heterocycles. The molecule has 2 rings (SSSR count). The van der Waals surface area contributed by atoms with Gasteiger partial charge in [0.15, 0.2) is 0 Å². The maximum absolute atomic E-state index is 4.49. The minimum Gasteiger partial charge on any atom is -0.299 e. The van der Waals surface area contributed by atoms with Gasteiger partial charge in [-0.15, -0.1) is 11.7 Å². The summed E-state index contributed by atoms with van der Waals surface area (Å²) < 4.78 is 0. The molecule has 0 bridgehead atoms. The number of piperidine rings is 1. The molecule has 0 aromatic carbocycles. The molecule has 1 saturated carbocycles. The molecule has 94 valence electrons. The van der Waals surface area contributed by atoms with Gasteiger partial charge in [0.05, 0.1) is 0 Å². The highest BCUT2D eigenvalue weighted by atomic mass is 33.1. The zero-order valence-electron chi connectivity index (χ0n) is 10.6. The Morgan fingerprint density at radius 3 is 2.56 bits per heavy atom. The minimum absolute atomic E-state index is 0.764. The number of rotatable bonds is 4. The fraction of sp³-hybridized carbons (Fsp3) is 1.00. The summed E-state index contributed by atoms with van der Waals surface area (Å²) in [6.07, 6.45) is 7.12. The summed E-state index contributed by atoms with van der Waals surface area (Å²) in [5, 5.41) is 0.764. The van der Waals surface area contributed by atoms with Gasteiger partial charge in [-0.3, -0.25) is 4.90 Å². The van der Waals surface area contributed by atoms with Gasteiger partial charge < -0.3 is 0 Å². The van der Waals surface area contributed by atoms with E-state index in [1.54, 1.807) is 10.8 Å². The van der Waals surface area contributed by atoms with Crippen LogP contribution in [-0.4, -0.2) is 29.3 Å². The minimum atomic E-state index is 0.764. The Balaban J connectivity index is 1.85. The summed E-state index contributed by atoms with van der Waals surface area (Å²) in [5.41, 5.74) is 0. The normalized spacial score (nSPS) is 33.0. The van der Waals surface area contributed by atoms with Gasteiger partial charge in [0.25, 0.3) is 0 Å². The summed E-state index contributed by atoms with van der Waals surface area (Å²) in [4.78, 5) is 2.73. The van der Waals surface area contributed by atoms with Crippen LogP contribution in [-0.2, 0) is 0 Å². The average molecular weight is 259 g/mol. The van der Waals surface area contributed by atoms with E-state index in [0.29, 0.717) is 0 Å². The zero-order chi connectivity index (χ0) is 11.5. The number of hydrogen-bond acceptors (Lipinski definition) is 3. The molecule has 0 spiro atoms. The first-order valence-corrected chi connectivity index (χ1v) is 8.68. The van der Waals surface area contributed by atoms with E-state index in [2.05, 4.69) is 30.4 Å². The fourth-order valence-electron chi connectivity index (χ4n) is 3.07. The number of likely N-dealkylation sites (tertiary alicyclic amines) is 1. The molecule has 0 aromatic heterocycles. The lowest BCUT2D eigenvalue weighted by molar-refractivity contribution is 0.0842. The fourth-order valence-corrected chi connectivity index (χ4v) is 4.46. The van der Waals surface area contributed by atoms with Crippen molar-refractivity contribution in [3.8, 4) is 0 Å². The topological polar surface area (TPSA) is 3.24 Å². The van der Waals surface area contributed by atoms with Crippen molar-refractivity contribution in [1.82, 2.24) is 4.90 Å². The Morgan fingerprint density at radius 2 is 2.06 bits per heavy atom. The van der Waals surface area contributed by atoms with E-state index in [4.69, 9.17) is 0 Å². The summed E-state index contributed by atoms with van der Waals surface area (Å²) in [6.45, 7) is 7.32. The molecule has 0 radical (unpaired) electrons. The predicted octanol–water partition coefficient (Wildman–Crippen LogP) is 3.85. The largest absolute Gasteiger partial charge is 0.299 e. The third-order valence-electron chi connectivity index (χ3n) is 4.23. The van der Waals surface area contributed by atoms with Gasteiger partial charge in [0.1, 0.15) is 0 Å². The first-order chi connectivity index (χ1) is 7.70. The molecule has 0 aromatic rings. The molecule has 1 heterocycles. The van der Waals surface area contributed by atoms with Crippen LogP contribution in [0.15, 0.2) is 0 Å². The molecule has 0 amide bonds. The highest BCUT2D eigenvalue weighted by Crippen LogP contribution is 2.37. The predicted molar refractivity (Wildman–Crippen MR) is 77.1 cm³/mol. The Hall–Kier alpha value is 0.660. The third kappa shape index (κ3) is 3.11. The van der Waals surface area contributed by atoms with Crippen LogP contribution in [0.25, 0.3) is 0 Å². The molecule has 1 aliphatic carbocycles. The van der Waals surface area contributed by atoms with E-state index < -0.39 is 0 Å². The van der Waals surface area contributed by atoms with Crippen LogP contribution in [0.3, 0.4) is 0 Å². The Morgan fingerprint density at radius 1 is 1.31 bits per heavy atom. The second kappa shape index (κ2) is 6.01. The van der Waals surface area contributed by atoms with Gasteiger partial charge in [-0.05, 0) is 44.1 Å². The lowest BCUT2D eigenvalue weighted by Crippen LogP contribution is -2.49. The second-order valence-corrected chi connectivity index (χ2v) is 7.35. The lowest BCUT2D eigenvalue weighted by atomic mass is 9.84. The van der Waals surface area contributed by atoms with Crippen molar-refractivity contribution < 1.29 is 0 Å². The quantitative estimate of drug-likeness (QED) is 0.603. The molecule has 3 heteroatoms. The van der Waals surface area contributed by atoms with Crippen molar-refractivity contribution in [1.29, 1.82) is 0 Å². The SMILES string of the molecule is CC(C)C[C@@H]1CCN(C2CCC2)C[C@@H]1SS. The zero-order valence-corrected chi connectivity index (χ0v) is 12.3. The Labute approximate surface area is 110 Å². The Bertz CT molecular complexity index is 216. The maximum Gasteiger partial charge on any atom is 0.0305 e. The molecule has 0 N–H and O–H groups in total. The molecule has 1 aliphatic heterocycles. The van der Waals surface area contributed by atoms with Crippen molar-refractivity contribution in [2.75, 3.05) is 13.1 Å². The molecule has 2 fully saturated rings. The van der Waals surface area contributed by atoms with Crippen LogP contribution >= 0.6 is 22.5 Å². The first-order valence-electron chi connectivity index (χ1n) is 6.75. The Kier molecular flexibility index (Phi) is 4.92. The number of nitrogens with zero attached hydrogens (tertiary/aromatic N) is 1. The standard InChI is InChI=1S/C13H25NS2/c1-10(2)8-11-6-7-14(9-13(11)16-15)12-4-3-5-12/h10-13,15H,3-9H2,1-2H3/t11-,13-/m0/s1. The average Bonchev–Trinajstić information content (AvgIpc) is 2.16. The van der Waals surface area contributed by atoms with Crippen LogP contribution in [0.5, 0.6) is 0 Å². The van der Waals surface area contributed by atoms with Gasteiger partial charge in [-0.25, -0.2) is 0 Å². The van der Waals surface area contributed by atoms with Crippen LogP contribution in [0, 0.1) is 11.8 Å². The van der Waals surface area contributed by atoms with Crippen molar-refractivity contribution in [2.24, 2.45) is 11.8 Å². The molecule has 2 aliphatic rings. The van der Waals surface area contributed by atoms with E-state index in [0.717, 1.165) is 23.1 Å². The lowest BCUT2D eigenvalue weighted by Gasteiger charge is -2.45. The van der Waals surface area contributed by atoms with Crippen LogP contribution in [0.4, 0.5) is 0 Å².